The molecule has 1 aliphatic heterocycles. The van der Waals surface area contributed by atoms with Crippen molar-refractivity contribution >= 4 is 27.4 Å². The first-order valence-corrected chi connectivity index (χ1v) is 9.68. The predicted octanol–water partition coefficient (Wildman–Crippen LogP) is 1.46. The normalized spacial score (nSPS) is 21.7. The molecule has 1 fully saturated rings. The van der Waals surface area contributed by atoms with Gasteiger partial charge in [0.15, 0.2) is 15.8 Å². The maximum absolute atomic E-state index is 11.5. The minimum absolute atomic E-state index is 0.0814. The summed E-state index contributed by atoms with van der Waals surface area (Å²) in [5, 5.41) is 6.95. The van der Waals surface area contributed by atoms with Crippen LogP contribution in [0, 0.1) is 0 Å². The molecule has 0 aromatic heterocycles. The standard InChI is InChI=1S/C15H22ClN3O3S/c1-11(22-14-5-3-12(16)4-6-14)9-18-15(17-2)19-13-7-8-23(20,21)10-13/h3-6,11,13H,7-10H2,1-2H3,(H2,17,18,19). The maximum Gasteiger partial charge on any atom is 0.191 e. The van der Waals surface area contributed by atoms with Crippen LogP contribution in [0.5, 0.6) is 5.75 Å². The van der Waals surface area contributed by atoms with Crippen LogP contribution in [0.4, 0.5) is 0 Å². The highest BCUT2D eigenvalue weighted by atomic mass is 35.5. The highest BCUT2D eigenvalue weighted by molar-refractivity contribution is 7.91. The second-order valence-corrected chi connectivity index (χ2v) is 8.24. The lowest BCUT2D eigenvalue weighted by molar-refractivity contribution is 0.223. The van der Waals surface area contributed by atoms with Crippen molar-refractivity contribution in [2.24, 2.45) is 4.99 Å². The molecule has 1 aromatic carbocycles. The van der Waals surface area contributed by atoms with Crippen LogP contribution in [0.2, 0.25) is 5.02 Å². The monoisotopic (exact) mass is 359 g/mol. The van der Waals surface area contributed by atoms with E-state index in [1.54, 1.807) is 19.2 Å². The maximum atomic E-state index is 11.5. The molecule has 0 bridgehead atoms. The summed E-state index contributed by atoms with van der Waals surface area (Å²) < 4.78 is 28.7. The van der Waals surface area contributed by atoms with E-state index in [0.717, 1.165) is 5.75 Å². The summed E-state index contributed by atoms with van der Waals surface area (Å²) >= 11 is 5.84. The van der Waals surface area contributed by atoms with Crippen LogP contribution in [-0.4, -0.2) is 51.6 Å². The first-order chi connectivity index (χ1) is 10.9. The van der Waals surface area contributed by atoms with E-state index < -0.39 is 9.84 Å². The number of rotatable bonds is 5. The van der Waals surface area contributed by atoms with Gasteiger partial charge < -0.3 is 15.4 Å². The number of benzene rings is 1. The minimum Gasteiger partial charge on any atom is -0.489 e. The van der Waals surface area contributed by atoms with Crippen LogP contribution in [0.25, 0.3) is 0 Å². The van der Waals surface area contributed by atoms with Gasteiger partial charge in [0.1, 0.15) is 11.9 Å². The lowest BCUT2D eigenvalue weighted by atomic mass is 10.3. The topological polar surface area (TPSA) is 79.8 Å². The summed E-state index contributed by atoms with van der Waals surface area (Å²) in [6.07, 6.45) is 0.530. The van der Waals surface area contributed by atoms with E-state index in [9.17, 15) is 8.42 Å². The molecular formula is C15H22ClN3O3S. The molecule has 0 aliphatic carbocycles. The highest BCUT2D eigenvalue weighted by Crippen LogP contribution is 2.16. The Morgan fingerprint density at radius 3 is 2.70 bits per heavy atom. The van der Waals surface area contributed by atoms with Crippen molar-refractivity contribution in [1.29, 1.82) is 0 Å². The van der Waals surface area contributed by atoms with E-state index >= 15 is 0 Å². The Morgan fingerprint density at radius 2 is 2.13 bits per heavy atom. The lowest BCUT2D eigenvalue weighted by Gasteiger charge is -2.19. The van der Waals surface area contributed by atoms with Crippen molar-refractivity contribution in [2.45, 2.75) is 25.5 Å². The third-order valence-electron chi connectivity index (χ3n) is 3.50. The molecule has 6 nitrogen and oxygen atoms in total. The fourth-order valence-electron chi connectivity index (χ4n) is 2.32. The molecule has 1 saturated heterocycles. The number of halogens is 1. The Morgan fingerprint density at radius 1 is 1.43 bits per heavy atom. The van der Waals surface area contributed by atoms with Gasteiger partial charge in [-0.05, 0) is 37.6 Å². The zero-order chi connectivity index (χ0) is 16.9. The fourth-order valence-corrected chi connectivity index (χ4v) is 4.12. The van der Waals surface area contributed by atoms with Crippen molar-refractivity contribution in [3.63, 3.8) is 0 Å². The molecule has 0 radical (unpaired) electrons. The molecule has 23 heavy (non-hydrogen) atoms. The van der Waals surface area contributed by atoms with Crippen LogP contribution >= 0.6 is 11.6 Å². The van der Waals surface area contributed by atoms with Gasteiger partial charge in [-0.25, -0.2) is 8.42 Å². The first-order valence-electron chi connectivity index (χ1n) is 7.48. The number of nitrogens with zero attached hydrogens (tertiary/aromatic N) is 1. The summed E-state index contributed by atoms with van der Waals surface area (Å²) in [4.78, 5) is 4.12. The van der Waals surface area contributed by atoms with Gasteiger partial charge >= 0.3 is 0 Å². The van der Waals surface area contributed by atoms with Crippen LogP contribution in [0.1, 0.15) is 13.3 Å². The lowest BCUT2D eigenvalue weighted by Crippen LogP contribution is -2.46. The summed E-state index contributed by atoms with van der Waals surface area (Å²) in [6.45, 7) is 2.48. The number of hydrogen-bond donors (Lipinski definition) is 2. The van der Waals surface area contributed by atoms with E-state index in [1.165, 1.54) is 0 Å². The van der Waals surface area contributed by atoms with Gasteiger partial charge in [0.05, 0.1) is 18.1 Å². The SMILES string of the molecule is CN=C(NCC(C)Oc1ccc(Cl)cc1)NC1CCS(=O)(=O)C1. The molecule has 0 spiro atoms. The molecule has 0 saturated carbocycles. The third-order valence-corrected chi connectivity index (χ3v) is 5.52. The predicted molar refractivity (Wildman–Crippen MR) is 93.1 cm³/mol. The van der Waals surface area contributed by atoms with Gasteiger partial charge in [0.2, 0.25) is 0 Å². The van der Waals surface area contributed by atoms with Crippen molar-refractivity contribution in [3.05, 3.63) is 29.3 Å². The summed E-state index contributed by atoms with van der Waals surface area (Å²) in [5.74, 6) is 1.72. The molecule has 2 rings (SSSR count). The van der Waals surface area contributed by atoms with Crippen molar-refractivity contribution in [3.8, 4) is 5.75 Å². The minimum atomic E-state index is -2.91. The van der Waals surface area contributed by atoms with Crippen LogP contribution in [0.3, 0.4) is 0 Å². The zero-order valence-corrected chi connectivity index (χ0v) is 14.8. The van der Waals surface area contributed by atoms with Gasteiger partial charge in [-0.3, -0.25) is 4.99 Å². The number of nitrogens with one attached hydrogen (secondary N) is 2. The molecular weight excluding hydrogens is 338 g/mol. The molecule has 2 unspecified atom stereocenters. The van der Waals surface area contributed by atoms with Crippen molar-refractivity contribution in [2.75, 3.05) is 25.1 Å². The summed E-state index contributed by atoms with van der Waals surface area (Å²) in [5.41, 5.74) is 0. The molecule has 128 valence electrons. The molecule has 1 aromatic rings. The third kappa shape index (κ3) is 5.91. The number of sulfone groups is 1. The fraction of sp³-hybridized carbons (Fsp3) is 0.533. The van der Waals surface area contributed by atoms with Gasteiger partial charge in [0, 0.05) is 18.1 Å². The molecule has 1 aliphatic rings. The average Bonchev–Trinajstić information content (AvgIpc) is 2.85. The average molecular weight is 360 g/mol. The Balaban J connectivity index is 1.77. The number of guanidine groups is 1. The second-order valence-electron chi connectivity index (χ2n) is 5.58. The zero-order valence-electron chi connectivity index (χ0n) is 13.3. The van der Waals surface area contributed by atoms with Crippen LogP contribution in [-0.2, 0) is 9.84 Å². The Bertz CT molecular complexity index is 646. The molecule has 1 heterocycles. The number of ether oxygens (including phenoxy) is 1. The number of hydrogen-bond acceptors (Lipinski definition) is 4. The first kappa shape index (κ1) is 17.9. The Hall–Kier alpha value is -1.47. The molecule has 0 amide bonds. The van der Waals surface area contributed by atoms with Crippen LogP contribution < -0.4 is 15.4 Å². The molecule has 8 heteroatoms. The van der Waals surface area contributed by atoms with E-state index in [1.807, 2.05) is 19.1 Å². The van der Waals surface area contributed by atoms with E-state index in [-0.39, 0.29) is 23.7 Å². The van der Waals surface area contributed by atoms with Gasteiger partial charge in [-0.2, -0.15) is 0 Å². The summed E-state index contributed by atoms with van der Waals surface area (Å²) in [7, 11) is -1.25. The van der Waals surface area contributed by atoms with Gasteiger partial charge in [-0.15, -0.1) is 0 Å². The van der Waals surface area contributed by atoms with E-state index in [0.29, 0.717) is 23.9 Å². The van der Waals surface area contributed by atoms with Gasteiger partial charge in [0.25, 0.3) is 0 Å². The Kier molecular flexibility index (Phi) is 6.12. The smallest absolute Gasteiger partial charge is 0.191 e. The van der Waals surface area contributed by atoms with Crippen molar-refractivity contribution in [1.82, 2.24) is 10.6 Å². The Labute approximate surface area is 142 Å². The van der Waals surface area contributed by atoms with E-state index in [2.05, 4.69) is 15.6 Å². The number of aliphatic imine (C=N–C) groups is 1. The molecule has 2 atom stereocenters. The molecule has 2 N–H and O–H groups in total. The van der Waals surface area contributed by atoms with Gasteiger partial charge in [-0.1, -0.05) is 11.6 Å². The highest BCUT2D eigenvalue weighted by Gasteiger charge is 2.28. The quantitative estimate of drug-likeness (QED) is 0.614. The summed E-state index contributed by atoms with van der Waals surface area (Å²) in [6, 6.07) is 7.10. The van der Waals surface area contributed by atoms with E-state index in [4.69, 9.17) is 16.3 Å². The van der Waals surface area contributed by atoms with Crippen molar-refractivity contribution < 1.29 is 13.2 Å². The van der Waals surface area contributed by atoms with Crippen LogP contribution in [0.15, 0.2) is 29.3 Å². The second kappa shape index (κ2) is 7.88. The largest absolute Gasteiger partial charge is 0.489 e.